The van der Waals surface area contributed by atoms with Gasteiger partial charge in [0, 0.05) is 6.54 Å². The zero-order valence-corrected chi connectivity index (χ0v) is 17.4. The summed E-state index contributed by atoms with van der Waals surface area (Å²) >= 11 is 0. The maximum absolute atomic E-state index is 12.9. The van der Waals surface area contributed by atoms with E-state index in [1.165, 1.54) is 24.3 Å². The summed E-state index contributed by atoms with van der Waals surface area (Å²) in [4.78, 5) is 29.2. The third-order valence-corrected chi connectivity index (χ3v) is 6.15. The number of para-hydroxylation sites is 1. The molecule has 4 N–H and O–H groups in total. The molecule has 8 nitrogen and oxygen atoms in total. The van der Waals surface area contributed by atoms with Crippen LogP contribution in [0.2, 0.25) is 0 Å². The number of sulfonamides is 1. The molecule has 0 aliphatic heterocycles. The summed E-state index contributed by atoms with van der Waals surface area (Å²) in [6, 6.07) is 18.4. The van der Waals surface area contributed by atoms with Gasteiger partial charge in [0.25, 0.3) is 15.9 Å². The monoisotopic (exact) mass is 436 g/mol. The van der Waals surface area contributed by atoms with Gasteiger partial charge in [-0.05, 0) is 42.8 Å². The fraction of sp³-hybridized carbons (Fsp3) is 0.0909. The van der Waals surface area contributed by atoms with Gasteiger partial charge >= 0.3 is 5.69 Å². The van der Waals surface area contributed by atoms with Crippen LogP contribution >= 0.6 is 0 Å². The van der Waals surface area contributed by atoms with E-state index < -0.39 is 21.6 Å². The average molecular weight is 436 g/mol. The van der Waals surface area contributed by atoms with E-state index in [1.807, 2.05) is 31.2 Å². The van der Waals surface area contributed by atoms with E-state index in [0.717, 1.165) is 11.1 Å². The highest BCUT2D eigenvalue weighted by molar-refractivity contribution is 7.92. The van der Waals surface area contributed by atoms with Crippen LogP contribution in [-0.4, -0.2) is 24.3 Å². The zero-order chi connectivity index (χ0) is 22.0. The van der Waals surface area contributed by atoms with Crippen molar-refractivity contribution in [3.8, 4) is 0 Å². The molecule has 0 unspecified atom stereocenters. The van der Waals surface area contributed by atoms with Crippen LogP contribution in [0.1, 0.15) is 21.5 Å². The summed E-state index contributed by atoms with van der Waals surface area (Å²) in [5.41, 5.74) is 2.87. The number of amides is 1. The Morgan fingerprint density at radius 1 is 0.935 bits per heavy atom. The number of carbonyl (C=O) groups excluding carboxylic acids is 1. The molecule has 31 heavy (non-hydrogen) atoms. The van der Waals surface area contributed by atoms with Crippen molar-refractivity contribution < 1.29 is 13.2 Å². The van der Waals surface area contributed by atoms with Crippen molar-refractivity contribution in [1.29, 1.82) is 0 Å². The minimum absolute atomic E-state index is 0.0369. The Morgan fingerprint density at radius 2 is 1.65 bits per heavy atom. The van der Waals surface area contributed by atoms with Gasteiger partial charge in [0.1, 0.15) is 0 Å². The highest BCUT2D eigenvalue weighted by Crippen LogP contribution is 2.22. The van der Waals surface area contributed by atoms with Crippen LogP contribution in [0.15, 0.2) is 76.4 Å². The lowest BCUT2D eigenvalue weighted by molar-refractivity contribution is 0.0952. The number of aryl methyl sites for hydroxylation is 1. The van der Waals surface area contributed by atoms with Gasteiger partial charge in [0.15, 0.2) is 0 Å². The lowest BCUT2D eigenvalue weighted by Crippen LogP contribution is -2.25. The van der Waals surface area contributed by atoms with Crippen LogP contribution in [0.5, 0.6) is 0 Å². The molecule has 1 heterocycles. The first-order valence-electron chi connectivity index (χ1n) is 9.49. The maximum atomic E-state index is 12.9. The quantitative estimate of drug-likeness (QED) is 0.371. The molecule has 0 spiro atoms. The van der Waals surface area contributed by atoms with Gasteiger partial charge in [0.05, 0.1) is 27.2 Å². The van der Waals surface area contributed by atoms with Crippen molar-refractivity contribution in [3.63, 3.8) is 0 Å². The highest BCUT2D eigenvalue weighted by Gasteiger charge is 2.19. The number of hydrogen-bond donors (Lipinski definition) is 4. The maximum Gasteiger partial charge on any atom is 0.323 e. The second-order valence-electron chi connectivity index (χ2n) is 7.11. The Bertz CT molecular complexity index is 1420. The molecule has 1 aromatic heterocycles. The molecule has 0 radical (unpaired) electrons. The minimum Gasteiger partial charge on any atom is -0.348 e. The van der Waals surface area contributed by atoms with Gasteiger partial charge in [-0.3, -0.25) is 9.52 Å². The second kappa shape index (κ2) is 8.11. The molecule has 0 atom stereocenters. The molecule has 0 saturated heterocycles. The van der Waals surface area contributed by atoms with E-state index >= 15 is 0 Å². The molecule has 1 amide bonds. The molecule has 0 aliphatic rings. The first-order chi connectivity index (χ1) is 14.8. The van der Waals surface area contributed by atoms with E-state index in [-0.39, 0.29) is 16.1 Å². The number of anilines is 1. The van der Waals surface area contributed by atoms with Crippen LogP contribution in [0.3, 0.4) is 0 Å². The van der Waals surface area contributed by atoms with Gasteiger partial charge in [-0.1, -0.05) is 42.0 Å². The van der Waals surface area contributed by atoms with Crippen LogP contribution in [0.4, 0.5) is 5.69 Å². The number of hydrogen-bond acceptors (Lipinski definition) is 4. The van der Waals surface area contributed by atoms with Crippen molar-refractivity contribution in [1.82, 2.24) is 15.3 Å². The van der Waals surface area contributed by atoms with Crippen molar-refractivity contribution in [2.75, 3.05) is 4.72 Å². The van der Waals surface area contributed by atoms with Gasteiger partial charge in [-0.2, -0.15) is 0 Å². The molecular weight excluding hydrogens is 416 g/mol. The predicted octanol–water partition coefficient (Wildman–Crippen LogP) is 2.90. The summed E-state index contributed by atoms with van der Waals surface area (Å²) in [6.07, 6.45) is 0. The second-order valence-corrected chi connectivity index (χ2v) is 8.79. The molecule has 158 valence electrons. The third kappa shape index (κ3) is 4.51. The third-order valence-electron chi connectivity index (χ3n) is 4.79. The van der Waals surface area contributed by atoms with Gasteiger partial charge in [0.2, 0.25) is 0 Å². The molecule has 3 aromatic carbocycles. The van der Waals surface area contributed by atoms with E-state index in [0.29, 0.717) is 17.6 Å². The molecule has 0 fully saturated rings. The number of nitrogens with one attached hydrogen (secondary N) is 4. The van der Waals surface area contributed by atoms with Crippen LogP contribution < -0.4 is 15.7 Å². The van der Waals surface area contributed by atoms with Gasteiger partial charge in [-0.15, -0.1) is 0 Å². The first-order valence-corrected chi connectivity index (χ1v) is 11.0. The Balaban J connectivity index is 1.56. The topological polar surface area (TPSA) is 124 Å². The Morgan fingerprint density at radius 3 is 2.42 bits per heavy atom. The number of carbonyl (C=O) groups is 1. The van der Waals surface area contributed by atoms with E-state index in [4.69, 9.17) is 0 Å². The standard InChI is InChI=1S/C22H20N4O4S/c1-14-6-8-15(9-7-14)13-23-21(27)17-4-2-3-5-18(17)26-31(29,30)16-10-11-19-20(12-16)25-22(28)24-19/h2-12,26H,13H2,1H3,(H,23,27)(H2,24,25,28). The van der Waals surface area contributed by atoms with Crippen molar-refractivity contribution >= 4 is 32.7 Å². The molecule has 0 bridgehead atoms. The lowest BCUT2D eigenvalue weighted by atomic mass is 10.1. The van der Waals surface area contributed by atoms with Crippen LogP contribution in [0, 0.1) is 6.92 Å². The summed E-state index contributed by atoms with van der Waals surface area (Å²) in [6.45, 7) is 2.30. The minimum atomic E-state index is -3.99. The lowest BCUT2D eigenvalue weighted by Gasteiger charge is -2.13. The van der Waals surface area contributed by atoms with Crippen molar-refractivity contribution in [3.05, 3.63) is 93.9 Å². The number of fused-ring (bicyclic) bond motifs is 1. The number of benzene rings is 3. The first kappa shape index (κ1) is 20.4. The SMILES string of the molecule is Cc1ccc(CNC(=O)c2ccccc2NS(=O)(=O)c2ccc3[nH]c(=O)[nH]c3c2)cc1. The van der Waals surface area contributed by atoms with E-state index in [9.17, 15) is 18.0 Å². The molecule has 0 aliphatic carbocycles. The van der Waals surface area contributed by atoms with E-state index in [2.05, 4.69) is 20.0 Å². The van der Waals surface area contributed by atoms with Gasteiger partial charge in [-0.25, -0.2) is 13.2 Å². The van der Waals surface area contributed by atoms with Crippen LogP contribution in [-0.2, 0) is 16.6 Å². The number of H-pyrrole nitrogens is 2. The van der Waals surface area contributed by atoms with Crippen molar-refractivity contribution in [2.24, 2.45) is 0 Å². The predicted molar refractivity (Wildman–Crippen MR) is 119 cm³/mol. The highest BCUT2D eigenvalue weighted by atomic mass is 32.2. The number of rotatable bonds is 6. The molecule has 9 heteroatoms. The fourth-order valence-electron chi connectivity index (χ4n) is 3.14. The molecule has 0 saturated carbocycles. The largest absolute Gasteiger partial charge is 0.348 e. The summed E-state index contributed by atoms with van der Waals surface area (Å²) in [5.74, 6) is -0.399. The normalized spacial score (nSPS) is 11.4. The summed E-state index contributed by atoms with van der Waals surface area (Å²) < 4.78 is 28.3. The molecule has 4 aromatic rings. The zero-order valence-electron chi connectivity index (χ0n) is 16.6. The number of aromatic amines is 2. The average Bonchev–Trinajstić information content (AvgIpc) is 3.12. The summed E-state index contributed by atoms with van der Waals surface area (Å²) in [7, 11) is -3.99. The summed E-state index contributed by atoms with van der Waals surface area (Å²) in [5, 5.41) is 2.81. The number of aromatic nitrogens is 2. The van der Waals surface area contributed by atoms with E-state index in [1.54, 1.807) is 18.2 Å². The fourth-order valence-corrected chi connectivity index (χ4v) is 4.24. The Hall–Kier alpha value is -3.85. The number of imidazole rings is 1. The molecule has 4 rings (SSSR count). The van der Waals surface area contributed by atoms with Gasteiger partial charge < -0.3 is 15.3 Å². The van der Waals surface area contributed by atoms with Crippen LogP contribution in [0.25, 0.3) is 11.0 Å². The Labute approximate surface area is 178 Å². The van der Waals surface area contributed by atoms with Crippen molar-refractivity contribution in [2.45, 2.75) is 18.4 Å². The smallest absolute Gasteiger partial charge is 0.323 e. The molecular formula is C22H20N4O4S. The Kier molecular flexibility index (Phi) is 5.35.